The van der Waals surface area contributed by atoms with Crippen LogP contribution in [0.5, 0.6) is 0 Å². The molecule has 158 valence electrons. The van der Waals surface area contributed by atoms with Gasteiger partial charge in [0.2, 0.25) is 0 Å². The molecule has 0 amide bonds. The van der Waals surface area contributed by atoms with Crippen LogP contribution in [0.1, 0.15) is 55.3 Å². The molecule has 0 radical (unpaired) electrons. The third-order valence-electron chi connectivity index (χ3n) is 3.99. The highest BCUT2D eigenvalue weighted by atomic mass is 35.5. The Kier molecular flexibility index (Phi) is 7.42. The summed E-state index contributed by atoms with van der Waals surface area (Å²) >= 11 is 12.0. The lowest BCUT2D eigenvalue weighted by Crippen LogP contribution is -2.17. The molecule has 0 aliphatic carbocycles. The van der Waals surface area contributed by atoms with Crippen LogP contribution in [0.3, 0.4) is 0 Å². The van der Waals surface area contributed by atoms with Gasteiger partial charge in [-0.1, -0.05) is 35.3 Å². The summed E-state index contributed by atoms with van der Waals surface area (Å²) in [5.41, 5.74) is -2.10. The van der Waals surface area contributed by atoms with Gasteiger partial charge in [-0.2, -0.15) is 0 Å². The van der Waals surface area contributed by atoms with E-state index in [0.29, 0.717) is 0 Å². The fraction of sp³-hybridized carbons (Fsp3) is 0.200. The van der Waals surface area contributed by atoms with Crippen LogP contribution in [-0.2, 0) is 9.47 Å². The number of ether oxygens (including phenoxy) is 2. The van der Waals surface area contributed by atoms with Crippen LogP contribution in [0.4, 0.5) is 0 Å². The Bertz CT molecular complexity index is 962. The molecule has 2 aromatic rings. The largest absolute Gasteiger partial charge is 0.478 e. The molecular weight excluding hydrogens is 439 g/mol. The minimum atomic E-state index is -1.50. The Morgan fingerprint density at radius 3 is 1.30 bits per heavy atom. The van der Waals surface area contributed by atoms with Gasteiger partial charge >= 0.3 is 23.9 Å². The molecule has 0 aliphatic rings. The fourth-order valence-corrected chi connectivity index (χ4v) is 3.33. The normalized spacial score (nSPS) is 10.4. The van der Waals surface area contributed by atoms with Crippen LogP contribution in [-0.4, -0.2) is 47.3 Å². The third-order valence-corrected chi connectivity index (χ3v) is 4.62. The quantitative estimate of drug-likeness (QED) is 0.588. The van der Waals surface area contributed by atoms with Gasteiger partial charge in [0.05, 0.1) is 45.5 Å². The summed E-state index contributed by atoms with van der Waals surface area (Å²) in [6.07, 6.45) is 0. The summed E-state index contributed by atoms with van der Waals surface area (Å²) < 4.78 is 9.93. The van der Waals surface area contributed by atoms with Crippen LogP contribution >= 0.6 is 23.2 Å². The van der Waals surface area contributed by atoms with Gasteiger partial charge in [-0.15, -0.1) is 0 Å². The fourth-order valence-electron chi connectivity index (χ4n) is 2.85. The highest BCUT2D eigenvalue weighted by Crippen LogP contribution is 2.37. The Balaban J connectivity index is 3.01. The number of esters is 2. The van der Waals surface area contributed by atoms with Gasteiger partial charge in [-0.05, 0) is 37.1 Å². The van der Waals surface area contributed by atoms with E-state index in [1.807, 2.05) is 0 Å². The molecule has 0 spiro atoms. The number of hydrogen-bond acceptors (Lipinski definition) is 6. The first-order valence-corrected chi connectivity index (χ1v) is 9.37. The maximum Gasteiger partial charge on any atom is 0.339 e. The Labute approximate surface area is 180 Å². The van der Waals surface area contributed by atoms with Crippen molar-refractivity contribution in [1.29, 1.82) is 0 Å². The molecule has 10 heteroatoms. The average molecular weight is 455 g/mol. The molecule has 2 rings (SSSR count). The molecule has 0 saturated heterocycles. The van der Waals surface area contributed by atoms with Crippen LogP contribution in [0.25, 0.3) is 11.1 Å². The van der Waals surface area contributed by atoms with Crippen LogP contribution in [0.15, 0.2) is 24.3 Å². The Morgan fingerprint density at radius 1 is 0.700 bits per heavy atom. The maximum atomic E-state index is 12.6. The van der Waals surface area contributed by atoms with Gasteiger partial charge in [0.25, 0.3) is 0 Å². The summed E-state index contributed by atoms with van der Waals surface area (Å²) in [6.45, 7) is 2.93. The number of carbonyl (C=O) groups excluding carboxylic acids is 2. The summed E-state index contributed by atoms with van der Waals surface area (Å²) in [7, 11) is 0. The molecule has 0 fully saturated rings. The Hall–Kier alpha value is -3.10. The van der Waals surface area contributed by atoms with Gasteiger partial charge in [-0.25, -0.2) is 19.2 Å². The van der Waals surface area contributed by atoms with E-state index >= 15 is 0 Å². The predicted molar refractivity (Wildman–Crippen MR) is 108 cm³/mol. The number of benzene rings is 2. The van der Waals surface area contributed by atoms with Gasteiger partial charge in [-0.3, -0.25) is 0 Å². The molecule has 2 N–H and O–H groups in total. The first-order chi connectivity index (χ1) is 14.1. The summed E-state index contributed by atoms with van der Waals surface area (Å²) in [5, 5.41) is 18.7. The number of hydrogen-bond donors (Lipinski definition) is 2. The minimum absolute atomic E-state index is 0.0599. The van der Waals surface area contributed by atoms with Gasteiger partial charge in [0.15, 0.2) is 0 Å². The van der Waals surface area contributed by atoms with Crippen molar-refractivity contribution >= 4 is 47.1 Å². The SMILES string of the molecule is CCOC(=O)c1c(-c2ccc(Cl)c(C(=O)O)c2C(=O)OCC)ccc(Cl)c1C(=O)O. The predicted octanol–water partition coefficient (Wildman–Crippen LogP) is 4.41. The van der Waals surface area contributed by atoms with Crippen molar-refractivity contribution in [3.63, 3.8) is 0 Å². The monoisotopic (exact) mass is 454 g/mol. The number of rotatable bonds is 7. The van der Waals surface area contributed by atoms with E-state index < -0.39 is 46.1 Å². The lowest BCUT2D eigenvalue weighted by molar-refractivity contribution is 0.0507. The van der Waals surface area contributed by atoms with Crippen LogP contribution in [0.2, 0.25) is 10.0 Å². The molecule has 0 saturated carbocycles. The molecule has 8 nitrogen and oxygen atoms in total. The lowest BCUT2D eigenvalue weighted by atomic mass is 9.90. The van der Waals surface area contributed by atoms with Gasteiger partial charge < -0.3 is 19.7 Å². The maximum absolute atomic E-state index is 12.6. The first kappa shape index (κ1) is 23.2. The second kappa shape index (κ2) is 9.60. The average Bonchev–Trinajstić information content (AvgIpc) is 2.67. The molecule has 0 aromatic heterocycles. The van der Waals surface area contributed by atoms with Crippen LogP contribution in [0, 0.1) is 0 Å². The zero-order chi connectivity index (χ0) is 22.6. The summed E-state index contributed by atoms with van der Waals surface area (Å²) in [5.74, 6) is -5.02. The lowest BCUT2D eigenvalue weighted by Gasteiger charge is -2.17. The van der Waals surface area contributed by atoms with Crippen molar-refractivity contribution in [3.05, 3.63) is 56.6 Å². The molecule has 0 atom stereocenters. The topological polar surface area (TPSA) is 127 Å². The van der Waals surface area contributed by atoms with Crippen molar-refractivity contribution in [2.24, 2.45) is 0 Å². The van der Waals surface area contributed by atoms with Crippen molar-refractivity contribution in [2.75, 3.05) is 13.2 Å². The Morgan fingerprint density at radius 2 is 1.03 bits per heavy atom. The number of aromatic carboxylic acids is 2. The standard InChI is InChI=1S/C20H16Cl2O8/c1-3-29-19(27)13-9(5-7-11(21)15(13)17(23)24)10-6-8-12(22)16(18(25)26)14(10)20(28)30-4-2/h5-8H,3-4H2,1-2H3,(H,23,24)(H,25,26). The highest BCUT2D eigenvalue weighted by Gasteiger charge is 2.31. The number of carbonyl (C=O) groups is 4. The second-order valence-electron chi connectivity index (χ2n) is 5.74. The van der Waals surface area contributed by atoms with Crippen molar-refractivity contribution in [1.82, 2.24) is 0 Å². The van der Waals surface area contributed by atoms with Gasteiger partial charge in [0, 0.05) is 0 Å². The smallest absolute Gasteiger partial charge is 0.339 e. The first-order valence-electron chi connectivity index (χ1n) is 8.61. The minimum Gasteiger partial charge on any atom is -0.478 e. The second-order valence-corrected chi connectivity index (χ2v) is 6.56. The van der Waals surface area contributed by atoms with E-state index in [-0.39, 0.29) is 34.4 Å². The molecule has 0 aliphatic heterocycles. The number of carboxylic acid groups (broad SMARTS) is 2. The zero-order valence-electron chi connectivity index (χ0n) is 15.8. The zero-order valence-corrected chi connectivity index (χ0v) is 17.3. The van der Waals surface area contributed by atoms with E-state index in [0.717, 1.165) is 0 Å². The van der Waals surface area contributed by atoms with Crippen molar-refractivity contribution < 1.29 is 38.9 Å². The van der Waals surface area contributed by atoms with Crippen LogP contribution < -0.4 is 0 Å². The van der Waals surface area contributed by atoms with Crippen molar-refractivity contribution in [3.8, 4) is 11.1 Å². The summed E-state index contributed by atoms with van der Waals surface area (Å²) in [6, 6.07) is 5.01. The van der Waals surface area contributed by atoms with E-state index in [9.17, 15) is 29.4 Å². The van der Waals surface area contributed by atoms with E-state index in [4.69, 9.17) is 32.7 Å². The molecule has 0 bridgehead atoms. The molecular formula is C20H16Cl2O8. The van der Waals surface area contributed by atoms with E-state index in [1.165, 1.54) is 38.1 Å². The van der Waals surface area contributed by atoms with Crippen molar-refractivity contribution in [2.45, 2.75) is 13.8 Å². The highest BCUT2D eigenvalue weighted by molar-refractivity contribution is 6.36. The third kappa shape index (κ3) is 4.39. The number of halogens is 2. The molecule has 30 heavy (non-hydrogen) atoms. The summed E-state index contributed by atoms with van der Waals surface area (Å²) in [4.78, 5) is 48.8. The van der Waals surface area contributed by atoms with E-state index in [2.05, 4.69) is 0 Å². The van der Waals surface area contributed by atoms with Gasteiger partial charge in [0.1, 0.15) is 0 Å². The number of carboxylic acids is 2. The van der Waals surface area contributed by atoms with E-state index in [1.54, 1.807) is 0 Å². The molecule has 0 unspecified atom stereocenters. The molecule has 2 aromatic carbocycles. The molecule has 0 heterocycles.